The number of carbonyl (C=O) groups is 3. The van der Waals surface area contributed by atoms with Gasteiger partial charge in [0.25, 0.3) is 0 Å². The molecule has 0 aliphatic carbocycles. The molecule has 0 heterocycles. The summed E-state index contributed by atoms with van der Waals surface area (Å²) in [6.45, 7) is 6.68. The molecule has 0 amide bonds. The van der Waals surface area contributed by atoms with Crippen LogP contribution in [0.3, 0.4) is 0 Å². The van der Waals surface area contributed by atoms with E-state index in [4.69, 9.17) is 14.2 Å². The largest absolute Gasteiger partial charge is 0.462 e. The summed E-state index contributed by atoms with van der Waals surface area (Å²) in [6.07, 6.45) is 71.7. The van der Waals surface area contributed by atoms with Crippen molar-refractivity contribution in [2.24, 2.45) is 0 Å². The Morgan fingerprint density at radius 3 is 0.803 bits per heavy atom. The standard InChI is InChI=1S/C65H122O6/c1-4-7-10-13-16-19-22-25-28-31-32-35-37-40-43-46-49-52-55-58-64(67)70-61-62(71-65(68)59-56-53-50-47-44-41-38-34-30-27-24-21-18-15-12-9-6-3)60-69-63(66)57-54-51-48-45-42-39-36-33-29-26-23-20-17-14-11-8-5-2/h17,20,26,29,62H,4-16,18-19,21-25,27-28,30-61H2,1-3H3/b20-17-,29-26-/t62-/m1/s1. The molecule has 6 nitrogen and oxygen atoms in total. The van der Waals surface area contributed by atoms with Gasteiger partial charge < -0.3 is 14.2 Å². The van der Waals surface area contributed by atoms with Crippen LogP contribution in [-0.4, -0.2) is 37.2 Å². The van der Waals surface area contributed by atoms with Crippen LogP contribution in [0.15, 0.2) is 24.3 Å². The van der Waals surface area contributed by atoms with Crippen molar-refractivity contribution in [3.8, 4) is 0 Å². The molecule has 0 fully saturated rings. The lowest BCUT2D eigenvalue weighted by atomic mass is 10.0. The summed E-state index contributed by atoms with van der Waals surface area (Å²) < 4.78 is 16.9. The quantitative estimate of drug-likeness (QED) is 0.0261. The van der Waals surface area contributed by atoms with E-state index in [1.54, 1.807) is 0 Å². The van der Waals surface area contributed by atoms with Crippen LogP contribution in [0.5, 0.6) is 0 Å². The summed E-state index contributed by atoms with van der Waals surface area (Å²) in [5.74, 6) is -0.847. The predicted octanol–water partition coefficient (Wildman–Crippen LogP) is 21.4. The summed E-state index contributed by atoms with van der Waals surface area (Å²) in [7, 11) is 0. The van der Waals surface area contributed by atoms with E-state index in [0.717, 1.165) is 70.6 Å². The molecule has 0 aromatic rings. The number of rotatable bonds is 59. The second-order valence-electron chi connectivity index (χ2n) is 21.7. The monoisotopic (exact) mass is 999 g/mol. The lowest BCUT2D eigenvalue weighted by Crippen LogP contribution is -2.30. The van der Waals surface area contributed by atoms with Crippen LogP contribution in [0.2, 0.25) is 0 Å². The summed E-state index contributed by atoms with van der Waals surface area (Å²) in [4.78, 5) is 38.3. The lowest BCUT2D eigenvalue weighted by Gasteiger charge is -2.18. The molecule has 0 spiro atoms. The minimum absolute atomic E-state index is 0.0675. The van der Waals surface area contributed by atoms with E-state index in [1.807, 2.05) is 0 Å². The Balaban J connectivity index is 4.32. The van der Waals surface area contributed by atoms with Gasteiger partial charge in [-0.1, -0.05) is 308 Å². The minimum Gasteiger partial charge on any atom is -0.462 e. The summed E-state index contributed by atoms with van der Waals surface area (Å²) in [5, 5.41) is 0. The van der Waals surface area contributed by atoms with Gasteiger partial charge in [-0.15, -0.1) is 0 Å². The van der Waals surface area contributed by atoms with Crippen LogP contribution in [0.1, 0.15) is 355 Å². The number of hydrogen-bond donors (Lipinski definition) is 0. The lowest BCUT2D eigenvalue weighted by molar-refractivity contribution is -0.167. The van der Waals surface area contributed by atoms with Crippen LogP contribution >= 0.6 is 0 Å². The Labute approximate surface area is 443 Å². The summed E-state index contributed by atoms with van der Waals surface area (Å²) in [6, 6.07) is 0. The molecule has 0 aromatic carbocycles. The van der Waals surface area contributed by atoms with E-state index in [9.17, 15) is 14.4 Å². The first-order chi connectivity index (χ1) is 35.0. The van der Waals surface area contributed by atoms with Gasteiger partial charge in [-0.3, -0.25) is 14.4 Å². The molecule has 6 heteroatoms. The first kappa shape index (κ1) is 68.9. The van der Waals surface area contributed by atoms with E-state index in [2.05, 4.69) is 45.1 Å². The summed E-state index contributed by atoms with van der Waals surface area (Å²) >= 11 is 0. The zero-order chi connectivity index (χ0) is 51.4. The highest BCUT2D eigenvalue weighted by Gasteiger charge is 2.19. The third kappa shape index (κ3) is 58.7. The Bertz CT molecular complexity index is 1150. The number of ether oxygens (including phenoxy) is 3. The number of carbonyl (C=O) groups excluding carboxylic acids is 3. The van der Waals surface area contributed by atoms with Crippen molar-refractivity contribution < 1.29 is 28.6 Å². The maximum atomic E-state index is 12.9. The highest BCUT2D eigenvalue weighted by atomic mass is 16.6. The SMILES string of the molecule is CCCCC/C=C\C/C=C\CCCCCCCCCC(=O)OC[C@H](COC(=O)CCCCCCCCCCCCCCCCCCCCC)OC(=O)CCCCCCCCCCCCCCCCCCC. The van der Waals surface area contributed by atoms with Crippen LogP contribution in [0.4, 0.5) is 0 Å². The summed E-state index contributed by atoms with van der Waals surface area (Å²) in [5.41, 5.74) is 0. The molecule has 0 saturated carbocycles. The van der Waals surface area contributed by atoms with Crippen molar-refractivity contribution in [3.05, 3.63) is 24.3 Å². The third-order valence-corrected chi connectivity index (χ3v) is 14.5. The topological polar surface area (TPSA) is 78.9 Å². The molecule has 0 aliphatic rings. The highest BCUT2D eigenvalue weighted by molar-refractivity contribution is 5.71. The highest BCUT2D eigenvalue weighted by Crippen LogP contribution is 2.18. The second kappa shape index (κ2) is 60.4. The Kier molecular flexibility index (Phi) is 58.6. The van der Waals surface area contributed by atoms with Crippen LogP contribution in [-0.2, 0) is 28.6 Å². The van der Waals surface area contributed by atoms with Crippen molar-refractivity contribution >= 4 is 17.9 Å². The van der Waals surface area contributed by atoms with Gasteiger partial charge >= 0.3 is 17.9 Å². The molecule has 0 N–H and O–H groups in total. The fraction of sp³-hybridized carbons (Fsp3) is 0.892. The molecular formula is C65H122O6. The molecule has 71 heavy (non-hydrogen) atoms. The van der Waals surface area contributed by atoms with E-state index in [-0.39, 0.29) is 31.1 Å². The maximum Gasteiger partial charge on any atom is 0.306 e. The van der Waals surface area contributed by atoms with Gasteiger partial charge in [-0.25, -0.2) is 0 Å². The molecule has 0 bridgehead atoms. The van der Waals surface area contributed by atoms with Crippen LogP contribution in [0.25, 0.3) is 0 Å². The van der Waals surface area contributed by atoms with E-state index in [1.165, 1.54) is 244 Å². The van der Waals surface area contributed by atoms with Crippen molar-refractivity contribution in [1.82, 2.24) is 0 Å². The molecule has 0 aliphatic heterocycles. The number of unbranched alkanes of at least 4 members (excludes halogenated alkanes) is 44. The van der Waals surface area contributed by atoms with Gasteiger partial charge in [-0.05, 0) is 51.4 Å². The number of hydrogen-bond acceptors (Lipinski definition) is 6. The van der Waals surface area contributed by atoms with E-state index >= 15 is 0 Å². The molecule has 1 atom stereocenters. The van der Waals surface area contributed by atoms with Gasteiger partial charge in [0.05, 0.1) is 0 Å². The molecule has 418 valence electrons. The average Bonchev–Trinajstić information content (AvgIpc) is 3.37. The molecule has 0 rings (SSSR count). The number of allylic oxidation sites excluding steroid dienone is 4. The maximum absolute atomic E-state index is 12.9. The van der Waals surface area contributed by atoms with Crippen molar-refractivity contribution in [3.63, 3.8) is 0 Å². The van der Waals surface area contributed by atoms with Gasteiger partial charge in [0.2, 0.25) is 0 Å². The van der Waals surface area contributed by atoms with Gasteiger partial charge in [-0.2, -0.15) is 0 Å². The fourth-order valence-corrected chi connectivity index (χ4v) is 9.65. The van der Waals surface area contributed by atoms with Crippen LogP contribution < -0.4 is 0 Å². The second-order valence-corrected chi connectivity index (χ2v) is 21.7. The normalized spacial score (nSPS) is 12.1. The molecule has 0 saturated heterocycles. The van der Waals surface area contributed by atoms with Crippen molar-refractivity contribution in [1.29, 1.82) is 0 Å². The first-order valence-corrected chi connectivity index (χ1v) is 31.8. The number of esters is 3. The Hall–Kier alpha value is -2.11. The zero-order valence-corrected chi connectivity index (χ0v) is 48.0. The first-order valence-electron chi connectivity index (χ1n) is 31.8. The molecule has 0 unspecified atom stereocenters. The molecule has 0 radical (unpaired) electrons. The smallest absolute Gasteiger partial charge is 0.306 e. The van der Waals surface area contributed by atoms with Gasteiger partial charge in [0, 0.05) is 19.3 Å². The Morgan fingerprint density at radius 2 is 0.507 bits per heavy atom. The third-order valence-electron chi connectivity index (χ3n) is 14.5. The molecular weight excluding hydrogens is 877 g/mol. The fourth-order valence-electron chi connectivity index (χ4n) is 9.65. The average molecular weight is 1000 g/mol. The molecule has 0 aromatic heterocycles. The van der Waals surface area contributed by atoms with Crippen molar-refractivity contribution in [2.45, 2.75) is 361 Å². The minimum atomic E-state index is -0.770. The van der Waals surface area contributed by atoms with Gasteiger partial charge in [0.1, 0.15) is 13.2 Å². The van der Waals surface area contributed by atoms with Crippen molar-refractivity contribution in [2.75, 3.05) is 13.2 Å². The zero-order valence-electron chi connectivity index (χ0n) is 48.0. The van der Waals surface area contributed by atoms with E-state index in [0.29, 0.717) is 19.3 Å². The van der Waals surface area contributed by atoms with E-state index < -0.39 is 6.10 Å². The predicted molar refractivity (Wildman–Crippen MR) is 307 cm³/mol. The Morgan fingerprint density at radius 1 is 0.282 bits per heavy atom. The van der Waals surface area contributed by atoms with Gasteiger partial charge in [0.15, 0.2) is 6.10 Å². The van der Waals surface area contributed by atoms with Crippen LogP contribution in [0, 0.1) is 0 Å².